The molecule has 16 heavy (non-hydrogen) atoms. The van der Waals surface area contributed by atoms with E-state index in [-0.39, 0.29) is 18.0 Å². The lowest BCUT2D eigenvalue weighted by atomic mass is 10.2. The van der Waals surface area contributed by atoms with Crippen LogP contribution in [-0.4, -0.2) is 24.7 Å². The lowest BCUT2D eigenvalue weighted by Crippen LogP contribution is -2.26. The number of rotatable bonds is 3. The van der Waals surface area contributed by atoms with Gasteiger partial charge in [0.2, 0.25) is 0 Å². The number of nitrogens with zero attached hydrogens (tertiary/aromatic N) is 4. The second-order valence-corrected chi connectivity index (χ2v) is 3.67. The number of carbonyl (C=O) groups excluding carboxylic acids is 1. The van der Waals surface area contributed by atoms with Gasteiger partial charge in [0.05, 0.1) is 0 Å². The summed E-state index contributed by atoms with van der Waals surface area (Å²) in [6.45, 7) is -0.0241. The van der Waals surface area contributed by atoms with Gasteiger partial charge in [-0.2, -0.15) is 5.10 Å². The summed E-state index contributed by atoms with van der Waals surface area (Å²) in [5.74, 6) is -0.124. The Hall–Kier alpha value is -2.11. The molecular formula is C10H12N4O2. The molecule has 0 amide bonds. The van der Waals surface area contributed by atoms with Crippen molar-refractivity contribution < 1.29 is 4.79 Å². The molecule has 0 aliphatic carbocycles. The molecule has 0 N–H and O–H groups in total. The van der Waals surface area contributed by atoms with E-state index in [0.717, 1.165) is 4.68 Å². The molecule has 0 aromatic carbocycles. The summed E-state index contributed by atoms with van der Waals surface area (Å²) in [4.78, 5) is 23.2. The van der Waals surface area contributed by atoms with Crippen LogP contribution in [0.15, 0.2) is 29.6 Å². The van der Waals surface area contributed by atoms with Gasteiger partial charge in [-0.3, -0.25) is 9.36 Å². The Labute approximate surface area is 91.7 Å². The number of aryl methyl sites for hydroxylation is 2. The molecule has 2 aromatic heterocycles. The van der Waals surface area contributed by atoms with E-state index in [9.17, 15) is 9.59 Å². The molecule has 6 heteroatoms. The van der Waals surface area contributed by atoms with E-state index in [0.29, 0.717) is 5.56 Å². The fourth-order valence-electron chi connectivity index (χ4n) is 1.42. The van der Waals surface area contributed by atoms with Crippen LogP contribution in [0.4, 0.5) is 0 Å². The highest BCUT2D eigenvalue weighted by molar-refractivity contribution is 5.95. The van der Waals surface area contributed by atoms with Gasteiger partial charge in [0.1, 0.15) is 12.9 Å². The molecule has 0 atom stereocenters. The number of hydrogen-bond donors (Lipinski definition) is 0. The Morgan fingerprint density at radius 1 is 1.44 bits per heavy atom. The molecule has 0 spiro atoms. The van der Waals surface area contributed by atoms with Crippen LogP contribution in [-0.2, 0) is 20.6 Å². The van der Waals surface area contributed by atoms with Crippen LogP contribution in [0.2, 0.25) is 0 Å². The predicted octanol–water partition coefficient (Wildman–Crippen LogP) is -0.197. The fourth-order valence-corrected chi connectivity index (χ4v) is 1.42. The lowest BCUT2D eigenvalue weighted by Gasteiger charge is -1.96. The van der Waals surface area contributed by atoms with E-state index in [1.54, 1.807) is 30.1 Å². The molecule has 0 saturated heterocycles. The Kier molecular flexibility index (Phi) is 2.47. The van der Waals surface area contributed by atoms with Crippen LogP contribution in [0.5, 0.6) is 0 Å². The van der Waals surface area contributed by atoms with Gasteiger partial charge in [-0.25, -0.2) is 9.48 Å². The second-order valence-electron chi connectivity index (χ2n) is 3.67. The quantitative estimate of drug-likeness (QED) is 0.673. The van der Waals surface area contributed by atoms with Gasteiger partial charge in [0.25, 0.3) is 0 Å². The minimum Gasteiger partial charge on any atom is -0.357 e. The van der Waals surface area contributed by atoms with Gasteiger partial charge in [0.15, 0.2) is 5.78 Å². The molecule has 0 saturated carbocycles. The molecule has 0 radical (unpaired) electrons. The average Bonchev–Trinajstić information content (AvgIpc) is 2.79. The van der Waals surface area contributed by atoms with Crippen LogP contribution in [0, 0.1) is 0 Å². The number of aromatic nitrogens is 4. The first-order valence-electron chi connectivity index (χ1n) is 4.81. The Morgan fingerprint density at radius 3 is 2.69 bits per heavy atom. The first kappa shape index (κ1) is 10.4. The summed E-state index contributed by atoms with van der Waals surface area (Å²) in [5, 5.41) is 3.83. The SMILES string of the molecule is Cn1ccc(C(=O)Cn2ncn(C)c2=O)c1. The molecule has 0 unspecified atom stereocenters. The van der Waals surface area contributed by atoms with Gasteiger partial charge >= 0.3 is 5.69 Å². The van der Waals surface area contributed by atoms with Crippen molar-refractivity contribution in [3.63, 3.8) is 0 Å². The van der Waals surface area contributed by atoms with E-state index in [4.69, 9.17) is 0 Å². The van der Waals surface area contributed by atoms with Crippen molar-refractivity contribution in [1.82, 2.24) is 18.9 Å². The molecular weight excluding hydrogens is 208 g/mol. The lowest BCUT2D eigenvalue weighted by molar-refractivity contribution is 0.0966. The summed E-state index contributed by atoms with van der Waals surface area (Å²) in [5.41, 5.74) is 0.296. The minimum atomic E-state index is -0.288. The third-order valence-electron chi connectivity index (χ3n) is 2.33. The standard InChI is InChI=1S/C10H12N4O2/c1-12-4-3-8(5-12)9(15)6-14-10(16)13(2)7-11-14/h3-5,7H,6H2,1-2H3. The van der Waals surface area contributed by atoms with Gasteiger partial charge in [-0.05, 0) is 6.07 Å². The molecule has 6 nitrogen and oxygen atoms in total. The van der Waals surface area contributed by atoms with Gasteiger partial charge in [-0.15, -0.1) is 0 Å². The highest BCUT2D eigenvalue weighted by atomic mass is 16.2. The first-order chi connectivity index (χ1) is 7.58. The van der Waals surface area contributed by atoms with Crippen LogP contribution < -0.4 is 5.69 Å². The number of hydrogen-bond acceptors (Lipinski definition) is 3. The summed E-state index contributed by atoms with van der Waals surface area (Å²) >= 11 is 0. The topological polar surface area (TPSA) is 61.8 Å². The summed E-state index contributed by atoms with van der Waals surface area (Å²) in [6, 6.07) is 1.72. The second kappa shape index (κ2) is 3.80. The third kappa shape index (κ3) is 1.81. The minimum absolute atomic E-state index is 0.0241. The molecule has 0 fully saturated rings. The van der Waals surface area contributed by atoms with Gasteiger partial charge < -0.3 is 4.57 Å². The van der Waals surface area contributed by atoms with Crippen LogP contribution in [0.25, 0.3) is 0 Å². The van der Waals surface area contributed by atoms with Crippen LogP contribution in [0.3, 0.4) is 0 Å². The maximum atomic E-state index is 11.8. The smallest absolute Gasteiger partial charge is 0.345 e. The maximum absolute atomic E-state index is 11.8. The first-order valence-corrected chi connectivity index (χ1v) is 4.81. The number of ketones is 1. The molecule has 84 valence electrons. The Bertz CT molecular complexity index is 576. The fraction of sp³-hybridized carbons (Fsp3) is 0.300. The average molecular weight is 220 g/mol. The summed E-state index contributed by atoms with van der Waals surface area (Å²) in [6.07, 6.45) is 4.89. The van der Waals surface area contributed by atoms with Crippen molar-refractivity contribution in [3.8, 4) is 0 Å². The van der Waals surface area contributed by atoms with Crippen molar-refractivity contribution in [1.29, 1.82) is 0 Å². The van der Waals surface area contributed by atoms with Gasteiger partial charge in [-0.1, -0.05) is 0 Å². The molecule has 0 aliphatic heterocycles. The summed E-state index contributed by atoms with van der Waals surface area (Å²) in [7, 11) is 3.43. The monoisotopic (exact) mass is 220 g/mol. The largest absolute Gasteiger partial charge is 0.357 e. The number of Topliss-reactive ketones (excluding diaryl/α,β-unsaturated/α-hetero) is 1. The zero-order valence-electron chi connectivity index (χ0n) is 9.12. The van der Waals surface area contributed by atoms with Crippen LogP contribution in [0.1, 0.15) is 10.4 Å². The van der Waals surface area contributed by atoms with Crippen molar-refractivity contribution in [2.45, 2.75) is 6.54 Å². The Balaban J connectivity index is 2.20. The van der Waals surface area contributed by atoms with Crippen molar-refractivity contribution in [2.24, 2.45) is 14.1 Å². The normalized spacial score (nSPS) is 10.6. The van der Waals surface area contributed by atoms with Crippen molar-refractivity contribution in [2.75, 3.05) is 0 Å². The molecule has 0 bridgehead atoms. The van der Waals surface area contributed by atoms with E-state index < -0.39 is 0 Å². The highest BCUT2D eigenvalue weighted by Crippen LogP contribution is 2.01. The van der Waals surface area contributed by atoms with Crippen LogP contribution >= 0.6 is 0 Å². The highest BCUT2D eigenvalue weighted by Gasteiger charge is 2.10. The molecule has 2 aromatic rings. The maximum Gasteiger partial charge on any atom is 0.345 e. The van der Waals surface area contributed by atoms with Crippen molar-refractivity contribution in [3.05, 3.63) is 40.8 Å². The zero-order valence-corrected chi connectivity index (χ0v) is 9.12. The van der Waals surface area contributed by atoms with E-state index in [1.165, 1.54) is 10.9 Å². The van der Waals surface area contributed by atoms with Crippen molar-refractivity contribution >= 4 is 5.78 Å². The molecule has 2 heterocycles. The van der Waals surface area contributed by atoms with E-state index in [2.05, 4.69) is 5.10 Å². The van der Waals surface area contributed by atoms with E-state index in [1.807, 2.05) is 7.05 Å². The van der Waals surface area contributed by atoms with E-state index >= 15 is 0 Å². The molecule has 2 rings (SSSR count). The van der Waals surface area contributed by atoms with Gasteiger partial charge in [0, 0.05) is 32.1 Å². The molecule has 0 aliphatic rings. The predicted molar refractivity (Wildman–Crippen MR) is 57.2 cm³/mol. The third-order valence-corrected chi connectivity index (χ3v) is 2.33. The summed E-state index contributed by atoms with van der Waals surface area (Å²) < 4.78 is 4.27. The number of carbonyl (C=O) groups is 1. The Morgan fingerprint density at radius 2 is 2.19 bits per heavy atom. The zero-order chi connectivity index (χ0) is 11.7.